The van der Waals surface area contributed by atoms with Gasteiger partial charge in [-0.2, -0.15) is 4.58 Å². The average Bonchev–Trinajstić information content (AvgIpc) is 3.20. The van der Waals surface area contributed by atoms with Crippen molar-refractivity contribution in [2.45, 2.75) is 52.4 Å². The number of benzene rings is 2. The molecule has 0 bridgehead atoms. The molecule has 1 atom stereocenters. The summed E-state index contributed by atoms with van der Waals surface area (Å²) in [6, 6.07) is 13.2. The summed E-state index contributed by atoms with van der Waals surface area (Å²) in [4.78, 5) is 27.3. The van der Waals surface area contributed by atoms with Crippen LogP contribution in [0.4, 0.5) is 11.4 Å². The van der Waals surface area contributed by atoms with Gasteiger partial charge in [-0.05, 0) is 57.5 Å². The van der Waals surface area contributed by atoms with Gasteiger partial charge in [0.1, 0.15) is 12.5 Å². The highest BCUT2D eigenvalue weighted by molar-refractivity contribution is 6.23. The van der Waals surface area contributed by atoms with E-state index in [4.69, 9.17) is 0 Å². The summed E-state index contributed by atoms with van der Waals surface area (Å²) in [7, 11) is 0. The fourth-order valence-corrected chi connectivity index (χ4v) is 6.31. The topological polar surface area (TPSA) is 83.7 Å². The Kier molecular flexibility index (Phi) is 5.29. The van der Waals surface area contributed by atoms with Crippen LogP contribution in [0.2, 0.25) is 0 Å². The lowest BCUT2D eigenvalue weighted by atomic mass is 9.68. The van der Waals surface area contributed by atoms with Crippen LogP contribution < -0.4 is 10.0 Å². The maximum absolute atomic E-state index is 13.6. The molecule has 6 heteroatoms. The zero-order valence-electron chi connectivity index (χ0n) is 21.7. The molecule has 6 nitrogen and oxygen atoms in total. The first-order chi connectivity index (χ1) is 17.0. The molecule has 0 saturated heterocycles. The number of para-hydroxylation sites is 1. The van der Waals surface area contributed by atoms with Gasteiger partial charge in [-0.15, -0.1) is 5.76 Å². The summed E-state index contributed by atoms with van der Waals surface area (Å²) in [6.45, 7) is 13.6. The highest BCUT2D eigenvalue weighted by Gasteiger charge is 2.54. The fourth-order valence-electron chi connectivity index (χ4n) is 6.31. The Hall–Kier alpha value is -3.67. The molecule has 186 valence electrons. The first-order valence-corrected chi connectivity index (χ1v) is 12.5. The highest BCUT2D eigenvalue weighted by Crippen LogP contribution is 2.50. The number of carboxylic acids is 1. The van der Waals surface area contributed by atoms with Crippen molar-refractivity contribution >= 4 is 28.8 Å². The standard InChI is InChI=1S/C30H32N2O4/c1-7-31-22-14-13-17(28(35)36)15-20(22)29(3,4)23(31)16-18-25(33)24(26(18)34)27-30(5,6)19-11-9-10-12-21(19)32(27)8-2/h9-16,24H,7-8H2,1-6H3,(H-,33,34,35,36)/b23-16+. The molecule has 0 fully saturated rings. The second-order valence-electron chi connectivity index (χ2n) is 10.8. The van der Waals surface area contributed by atoms with E-state index in [1.54, 1.807) is 18.2 Å². The first-order valence-electron chi connectivity index (χ1n) is 12.5. The molecular formula is C30H32N2O4. The molecular weight excluding hydrogens is 452 g/mol. The van der Waals surface area contributed by atoms with E-state index < -0.39 is 22.7 Å². The van der Waals surface area contributed by atoms with Gasteiger partial charge < -0.3 is 15.1 Å². The number of allylic oxidation sites excluding steroid dienone is 4. The lowest BCUT2D eigenvalue weighted by Crippen LogP contribution is -2.49. The van der Waals surface area contributed by atoms with Gasteiger partial charge in [0.2, 0.25) is 5.69 Å². The van der Waals surface area contributed by atoms with E-state index in [0.29, 0.717) is 13.1 Å². The molecule has 5 rings (SSSR count). The number of carbonyl (C=O) groups excluding carboxylic acids is 1. The number of fused-ring (bicyclic) bond motifs is 2. The minimum Gasteiger partial charge on any atom is -0.874 e. The van der Waals surface area contributed by atoms with E-state index in [-0.39, 0.29) is 22.7 Å². The Labute approximate surface area is 211 Å². The molecule has 3 aliphatic rings. The van der Waals surface area contributed by atoms with Crippen molar-refractivity contribution < 1.29 is 24.4 Å². The predicted octanol–water partition coefficient (Wildman–Crippen LogP) is 4.30. The van der Waals surface area contributed by atoms with Crippen molar-refractivity contribution in [3.8, 4) is 0 Å². The third-order valence-corrected chi connectivity index (χ3v) is 8.18. The quantitative estimate of drug-likeness (QED) is 0.640. The molecule has 0 aromatic heterocycles. The van der Waals surface area contributed by atoms with Crippen LogP contribution in [0.25, 0.3) is 0 Å². The van der Waals surface area contributed by atoms with E-state index >= 15 is 0 Å². The third-order valence-electron chi connectivity index (χ3n) is 8.18. The van der Waals surface area contributed by atoms with Gasteiger partial charge >= 0.3 is 5.97 Å². The highest BCUT2D eigenvalue weighted by atomic mass is 16.4. The SMILES string of the molecule is CCN1/C(=C/C2=C([O-])C(C3=[N+](CC)c4ccccc4C3(C)C)C2=O)C(C)(C)c2cc(C(=O)O)ccc21. The van der Waals surface area contributed by atoms with Crippen LogP contribution in [0.15, 0.2) is 65.6 Å². The van der Waals surface area contributed by atoms with Crippen molar-refractivity contribution in [1.82, 2.24) is 0 Å². The maximum atomic E-state index is 13.6. The summed E-state index contributed by atoms with van der Waals surface area (Å²) >= 11 is 0. The van der Waals surface area contributed by atoms with Crippen LogP contribution >= 0.6 is 0 Å². The van der Waals surface area contributed by atoms with Crippen molar-refractivity contribution in [1.29, 1.82) is 0 Å². The third kappa shape index (κ3) is 3.06. The summed E-state index contributed by atoms with van der Waals surface area (Å²) < 4.78 is 2.13. The Morgan fingerprint density at radius 2 is 1.78 bits per heavy atom. The molecule has 36 heavy (non-hydrogen) atoms. The zero-order valence-corrected chi connectivity index (χ0v) is 21.7. The summed E-state index contributed by atoms with van der Waals surface area (Å²) in [6.07, 6.45) is 1.75. The van der Waals surface area contributed by atoms with Gasteiger partial charge in [-0.25, -0.2) is 4.79 Å². The second-order valence-corrected chi connectivity index (χ2v) is 10.8. The van der Waals surface area contributed by atoms with E-state index in [0.717, 1.165) is 33.9 Å². The molecule has 1 unspecified atom stereocenters. The first kappa shape index (κ1) is 24.0. The number of carboxylic acid groups (broad SMARTS) is 1. The van der Waals surface area contributed by atoms with Crippen LogP contribution in [0, 0.1) is 5.92 Å². The molecule has 0 spiro atoms. The summed E-state index contributed by atoms with van der Waals surface area (Å²) in [5.74, 6) is -2.04. The Morgan fingerprint density at radius 3 is 2.39 bits per heavy atom. The van der Waals surface area contributed by atoms with Gasteiger partial charge in [0, 0.05) is 40.5 Å². The molecule has 0 saturated carbocycles. The molecule has 2 aliphatic heterocycles. The lowest BCUT2D eigenvalue weighted by Gasteiger charge is -2.38. The van der Waals surface area contributed by atoms with E-state index in [1.165, 1.54) is 0 Å². The van der Waals surface area contributed by atoms with Crippen molar-refractivity contribution in [2.24, 2.45) is 5.92 Å². The molecule has 1 N–H and O–H groups in total. The fraction of sp³-hybridized carbons (Fsp3) is 0.367. The van der Waals surface area contributed by atoms with Gasteiger partial charge in [-0.3, -0.25) is 4.79 Å². The van der Waals surface area contributed by atoms with Gasteiger partial charge in [0.25, 0.3) is 0 Å². The Morgan fingerprint density at radius 1 is 1.08 bits per heavy atom. The Balaban J connectivity index is 1.60. The number of Topliss-reactive ketones (excluding diaryl/α,β-unsaturated/α-hetero) is 1. The maximum Gasteiger partial charge on any atom is 0.335 e. The molecule has 2 aromatic rings. The minimum atomic E-state index is -0.978. The van der Waals surface area contributed by atoms with Crippen LogP contribution in [-0.2, 0) is 15.6 Å². The summed E-state index contributed by atoms with van der Waals surface area (Å²) in [5.41, 5.74) is 5.15. The Bertz CT molecular complexity index is 1420. The van der Waals surface area contributed by atoms with E-state index in [2.05, 4.69) is 35.5 Å². The molecule has 1 aliphatic carbocycles. The average molecular weight is 485 g/mol. The monoisotopic (exact) mass is 484 g/mol. The minimum absolute atomic E-state index is 0.143. The summed E-state index contributed by atoms with van der Waals surface area (Å²) in [5, 5.41) is 23.1. The van der Waals surface area contributed by atoms with Crippen LogP contribution in [0.1, 0.15) is 63.0 Å². The number of hydrogen-bond donors (Lipinski definition) is 1. The van der Waals surface area contributed by atoms with Crippen molar-refractivity contribution in [2.75, 3.05) is 18.0 Å². The largest absolute Gasteiger partial charge is 0.874 e. The number of carbonyl (C=O) groups is 2. The van der Waals surface area contributed by atoms with E-state index in [1.807, 2.05) is 45.9 Å². The zero-order chi connectivity index (χ0) is 26.2. The number of ketones is 1. The smallest absolute Gasteiger partial charge is 0.335 e. The molecule has 2 heterocycles. The molecule has 2 aromatic carbocycles. The number of likely N-dealkylation sites (N-methyl/N-ethyl adjacent to an activating group) is 1. The lowest BCUT2D eigenvalue weighted by molar-refractivity contribution is -0.437. The number of rotatable bonds is 5. The van der Waals surface area contributed by atoms with Crippen LogP contribution in [0.5, 0.6) is 0 Å². The van der Waals surface area contributed by atoms with Crippen LogP contribution in [-0.4, -0.2) is 40.2 Å². The normalized spacial score (nSPS) is 22.7. The number of anilines is 1. The number of aromatic carboxylic acids is 1. The van der Waals surface area contributed by atoms with Crippen LogP contribution in [0.3, 0.4) is 0 Å². The van der Waals surface area contributed by atoms with Crippen molar-refractivity contribution in [3.05, 3.63) is 82.3 Å². The number of hydrogen-bond acceptors (Lipinski definition) is 4. The van der Waals surface area contributed by atoms with Gasteiger partial charge in [-0.1, -0.05) is 32.0 Å². The second kappa shape index (κ2) is 7.92. The van der Waals surface area contributed by atoms with Crippen molar-refractivity contribution in [3.63, 3.8) is 0 Å². The predicted molar refractivity (Wildman–Crippen MR) is 138 cm³/mol. The molecule has 0 radical (unpaired) electrons. The van der Waals surface area contributed by atoms with Gasteiger partial charge in [0.15, 0.2) is 11.5 Å². The number of nitrogens with zero attached hydrogens (tertiary/aromatic N) is 2. The van der Waals surface area contributed by atoms with E-state index in [9.17, 15) is 19.8 Å². The molecule has 0 amide bonds. The van der Waals surface area contributed by atoms with Gasteiger partial charge in [0.05, 0.1) is 11.0 Å².